The fourth-order valence-electron chi connectivity index (χ4n) is 2.62. The summed E-state index contributed by atoms with van der Waals surface area (Å²) < 4.78 is 0. The summed E-state index contributed by atoms with van der Waals surface area (Å²) in [6.07, 6.45) is 1.22. The second kappa shape index (κ2) is 9.43. The first-order chi connectivity index (χ1) is 10.5. The first-order valence-electron chi connectivity index (χ1n) is 7.59. The molecule has 0 spiro atoms. The van der Waals surface area contributed by atoms with Gasteiger partial charge in [0.15, 0.2) is 5.96 Å². The minimum atomic E-state index is 0. The zero-order valence-electron chi connectivity index (χ0n) is 14.6. The quantitative estimate of drug-likeness (QED) is 0.394. The zero-order valence-corrected chi connectivity index (χ0v) is 18.6. The summed E-state index contributed by atoms with van der Waals surface area (Å²) in [5.41, 5.74) is 1.35. The van der Waals surface area contributed by atoms with Gasteiger partial charge in [-0.2, -0.15) is 11.8 Å². The highest BCUT2D eigenvalue weighted by Gasteiger charge is 2.36. The first-order valence-corrected chi connectivity index (χ1v) is 9.56. The van der Waals surface area contributed by atoms with Gasteiger partial charge in [0.05, 0.1) is 17.2 Å². The van der Waals surface area contributed by atoms with E-state index in [1.54, 1.807) is 11.3 Å². The van der Waals surface area contributed by atoms with Crippen molar-refractivity contribution in [2.75, 3.05) is 39.2 Å². The van der Waals surface area contributed by atoms with Gasteiger partial charge in [-0.3, -0.25) is 4.99 Å². The average molecular weight is 469 g/mol. The summed E-state index contributed by atoms with van der Waals surface area (Å²) in [4.78, 5) is 12.4. The van der Waals surface area contributed by atoms with E-state index in [-0.39, 0.29) is 29.5 Å². The minimum Gasteiger partial charge on any atom is -0.355 e. The largest absolute Gasteiger partial charge is 0.355 e. The molecule has 2 N–H and O–H groups in total. The Morgan fingerprint density at radius 3 is 2.57 bits per heavy atom. The van der Waals surface area contributed by atoms with Crippen LogP contribution in [-0.2, 0) is 6.54 Å². The number of thioether (sulfide) groups is 1. The first kappa shape index (κ1) is 21.0. The molecule has 0 aliphatic carbocycles. The number of guanidine groups is 1. The van der Waals surface area contributed by atoms with E-state index in [1.165, 1.54) is 22.8 Å². The number of nitrogens with zero attached hydrogens (tertiary/aromatic N) is 3. The molecule has 1 aromatic heterocycles. The Kier molecular flexibility index (Phi) is 8.60. The molecule has 1 aliphatic heterocycles. The van der Waals surface area contributed by atoms with Gasteiger partial charge in [-0.15, -0.1) is 35.3 Å². The summed E-state index contributed by atoms with van der Waals surface area (Å²) in [6, 6.07) is 0. The molecule has 23 heavy (non-hydrogen) atoms. The monoisotopic (exact) mass is 469 g/mol. The number of thiazole rings is 1. The van der Waals surface area contributed by atoms with E-state index in [4.69, 9.17) is 0 Å². The van der Waals surface area contributed by atoms with Crippen molar-refractivity contribution in [1.82, 2.24) is 20.5 Å². The number of hydrogen-bond donors (Lipinski definition) is 2. The molecule has 0 bridgehead atoms. The molecule has 1 aliphatic rings. The van der Waals surface area contributed by atoms with E-state index in [9.17, 15) is 0 Å². The van der Waals surface area contributed by atoms with Gasteiger partial charge in [0.1, 0.15) is 0 Å². The van der Waals surface area contributed by atoms with Gasteiger partial charge in [-0.05, 0) is 40.1 Å². The smallest absolute Gasteiger partial charge is 0.191 e. The molecule has 0 saturated carbocycles. The van der Waals surface area contributed by atoms with Crippen LogP contribution in [0.4, 0.5) is 0 Å². The van der Waals surface area contributed by atoms with Gasteiger partial charge in [0.25, 0.3) is 0 Å². The highest BCUT2D eigenvalue weighted by molar-refractivity contribution is 14.0. The molecule has 0 amide bonds. The fraction of sp³-hybridized carbons (Fsp3) is 0.733. The average Bonchev–Trinajstić information content (AvgIpc) is 3.07. The SMILES string of the molecule is CN=C(NCc1sc(C)nc1C)NCC1(N(C)C)CCSC1.I. The highest BCUT2D eigenvalue weighted by Crippen LogP contribution is 2.31. The topological polar surface area (TPSA) is 52.6 Å². The van der Waals surface area contributed by atoms with E-state index in [1.807, 2.05) is 25.7 Å². The van der Waals surface area contributed by atoms with E-state index in [2.05, 4.69) is 46.5 Å². The molecule has 2 heterocycles. The van der Waals surface area contributed by atoms with Crippen LogP contribution in [0, 0.1) is 13.8 Å². The maximum atomic E-state index is 4.47. The second-order valence-corrected chi connectivity index (χ2v) is 8.34. The summed E-state index contributed by atoms with van der Waals surface area (Å²) >= 11 is 3.78. The predicted octanol–water partition coefficient (Wildman–Crippen LogP) is 2.48. The van der Waals surface area contributed by atoms with Gasteiger partial charge in [0.2, 0.25) is 0 Å². The third-order valence-corrected chi connectivity index (χ3v) is 6.56. The van der Waals surface area contributed by atoms with Crippen LogP contribution in [0.1, 0.15) is 22.0 Å². The number of halogens is 1. The molecular formula is C15H28IN5S2. The van der Waals surface area contributed by atoms with Crippen molar-refractivity contribution in [1.29, 1.82) is 0 Å². The third kappa shape index (κ3) is 5.47. The molecule has 1 unspecified atom stereocenters. The normalized spacial score (nSPS) is 21.4. The molecule has 5 nitrogen and oxygen atoms in total. The summed E-state index contributed by atoms with van der Waals surface area (Å²) in [6.45, 7) is 5.81. The summed E-state index contributed by atoms with van der Waals surface area (Å²) in [5.74, 6) is 3.28. The Hall–Kier alpha value is -0.0600. The molecule has 1 saturated heterocycles. The van der Waals surface area contributed by atoms with Crippen molar-refractivity contribution in [2.24, 2.45) is 4.99 Å². The molecule has 0 radical (unpaired) electrons. The molecular weight excluding hydrogens is 441 g/mol. The lowest BCUT2D eigenvalue weighted by Crippen LogP contribution is -2.54. The maximum Gasteiger partial charge on any atom is 0.191 e. The Morgan fingerprint density at radius 1 is 1.35 bits per heavy atom. The number of nitrogens with one attached hydrogen (secondary N) is 2. The number of rotatable bonds is 5. The van der Waals surface area contributed by atoms with Crippen LogP contribution >= 0.6 is 47.1 Å². The van der Waals surface area contributed by atoms with Gasteiger partial charge in [-0.25, -0.2) is 4.98 Å². The van der Waals surface area contributed by atoms with Gasteiger partial charge >= 0.3 is 0 Å². The molecule has 132 valence electrons. The van der Waals surface area contributed by atoms with E-state index < -0.39 is 0 Å². The van der Waals surface area contributed by atoms with Crippen LogP contribution in [0.5, 0.6) is 0 Å². The number of aromatic nitrogens is 1. The summed E-state index contributed by atoms with van der Waals surface area (Å²) in [5, 5.41) is 8.02. The molecule has 0 aromatic carbocycles. The number of likely N-dealkylation sites (N-methyl/N-ethyl adjacent to an activating group) is 1. The third-order valence-electron chi connectivity index (χ3n) is 4.26. The maximum absolute atomic E-state index is 4.47. The van der Waals surface area contributed by atoms with Gasteiger partial charge in [0, 0.05) is 29.8 Å². The Morgan fingerprint density at radius 2 is 2.09 bits per heavy atom. The number of hydrogen-bond acceptors (Lipinski definition) is 5. The lowest BCUT2D eigenvalue weighted by Gasteiger charge is -2.36. The van der Waals surface area contributed by atoms with Crippen LogP contribution in [0.25, 0.3) is 0 Å². The summed E-state index contributed by atoms with van der Waals surface area (Å²) in [7, 11) is 6.17. The lowest BCUT2D eigenvalue weighted by molar-refractivity contribution is 0.183. The minimum absolute atomic E-state index is 0. The van der Waals surface area contributed by atoms with Crippen LogP contribution in [-0.4, -0.2) is 60.6 Å². The van der Waals surface area contributed by atoms with Crippen molar-refractivity contribution in [3.05, 3.63) is 15.6 Å². The molecule has 1 aromatic rings. The predicted molar refractivity (Wildman–Crippen MR) is 114 cm³/mol. The van der Waals surface area contributed by atoms with Crippen molar-refractivity contribution in [2.45, 2.75) is 32.4 Å². The molecule has 1 atom stereocenters. The van der Waals surface area contributed by atoms with Crippen molar-refractivity contribution >= 4 is 53.0 Å². The zero-order chi connectivity index (χ0) is 16.2. The van der Waals surface area contributed by atoms with E-state index in [0.29, 0.717) is 0 Å². The van der Waals surface area contributed by atoms with Gasteiger partial charge in [-0.1, -0.05) is 0 Å². The van der Waals surface area contributed by atoms with Crippen molar-refractivity contribution in [3.8, 4) is 0 Å². The number of aliphatic imine (C=N–C) groups is 1. The number of aryl methyl sites for hydroxylation is 2. The molecule has 2 rings (SSSR count). The fourth-order valence-corrected chi connectivity index (χ4v) is 5.05. The van der Waals surface area contributed by atoms with Crippen molar-refractivity contribution < 1.29 is 0 Å². The van der Waals surface area contributed by atoms with Crippen LogP contribution in [0.2, 0.25) is 0 Å². The van der Waals surface area contributed by atoms with E-state index in [0.717, 1.165) is 29.8 Å². The van der Waals surface area contributed by atoms with Gasteiger partial charge < -0.3 is 15.5 Å². The van der Waals surface area contributed by atoms with Crippen LogP contribution < -0.4 is 10.6 Å². The van der Waals surface area contributed by atoms with Crippen LogP contribution in [0.3, 0.4) is 0 Å². The second-order valence-electron chi connectivity index (χ2n) is 5.94. The highest BCUT2D eigenvalue weighted by atomic mass is 127. The Bertz CT molecular complexity index is 524. The van der Waals surface area contributed by atoms with Crippen LogP contribution in [0.15, 0.2) is 4.99 Å². The van der Waals surface area contributed by atoms with E-state index >= 15 is 0 Å². The van der Waals surface area contributed by atoms with Crippen molar-refractivity contribution in [3.63, 3.8) is 0 Å². The molecule has 8 heteroatoms. The standard InChI is InChI=1S/C15H27N5S2.HI/c1-11-13(22-12(2)19-11)8-17-14(16-3)18-9-15(20(4)5)6-7-21-10-15;/h6-10H2,1-5H3,(H2,16,17,18);1H. The Balaban J connectivity index is 0.00000264. The lowest BCUT2D eigenvalue weighted by atomic mass is 9.97. The Labute approximate surface area is 165 Å². The molecule has 1 fully saturated rings.